The fourth-order valence-corrected chi connectivity index (χ4v) is 4.69. The van der Waals surface area contributed by atoms with Crippen LogP contribution in [0.4, 0.5) is 0 Å². The Morgan fingerprint density at radius 3 is 1.92 bits per heavy atom. The quantitative estimate of drug-likeness (QED) is 0.851. The van der Waals surface area contributed by atoms with Crippen molar-refractivity contribution in [3.8, 4) is 0 Å². The molecule has 0 bridgehead atoms. The number of hydrogen-bond acceptors (Lipinski definition) is 3. The summed E-state index contributed by atoms with van der Waals surface area (Å²) in [7, 11) is 0. The maximum atomic E-state index is 13.1. The molecule has 2 saturated heterocycles. The zero-order chi connectivity index (χ0) is 17.3. The van der Waals surface area contributed by atoms with Crippen molar-refractivity contribution < 1.29 is 19.5 Å². The Bertz CT molecular complexity index is 515. The number of carbonyl (C=O) groups is 3. The van der Waals surface area contributed by atoms with Crippen LogP contribution in [0.2, 0.25) is 0 Å². The molecular formula is C18H28N2O4. The fraction of sp³-hybridized carbons (Fsp3) is 0.833. The molecule has 1 saturated carbocycles. The van der Waals surface area contributed by atoms with Gasteiger partial charge in [-0.05, 0) is 39.0 Å². The standard InChI is InChI=1S/C18H28N2O4/c1-12-13(18(23)24)8-11-20(12)17(22)15-7-3-2-6-14(15)16(21)19-9-4-5-10-19/h12-15H,2-11H2,1H3,(H,23,24). The van der Waals surface area contributed by atoms with Gasteiger partial charge in [0.1, 0.15) is 0 Å². The van der Waals surface area contributed by atoms with E-state index >= 15 is 0 Å². The van der Waals surface area contributed by atoms with Crippen LogP contribution in [0, 0.1) is 17.8 Å². The summed E-state index contributed by atoms with van der Waals surface area (Å²) in [5.41, 5.74) is 0. The van der Waals surface area contributed by atoms with Crippen LogP contribution in [0.1, 0.15) is 51.9 Å². The van der Waals surface area contributed by atoms with Gasteiger partial charge in [-0.15, -0.1) is 0 Å². The second-order valence-electron chi connectivity index (χ2n) is 7.54. The van der Waals surface area contributed by atoms with Gasteiger partial charge in [-0.1, -0.05) is 12.8 Å². The van der Waals surface area contributed by atoms with Crippen LogP contribution in [0.5, 0.6) is 0 Å². The summed E-state index contributed by atoms with van der Waals surface area (Å²) in [5.74, 6) is -1.63. The fourth-order valence-electron chi connectivity index (χ4n) is 4.69. The Morgan fingerprint density at radius 1 is 0.792 bits per heavy atom. The summed E-state index contributed by atoms with van der Waals surface area (Å²) in [4.78, 5) is 40.9. The Morgan fingerprint density at radius 2 is 1.38 bits per heavy atom. The number of carboxylic acids is 1. The van der Waals surface area contributed by atoms with Crippen LogP contribution in [0.15, 0.2) is 0 Å². The van der Waals surface area contributed by atoms with Gasteiger partial charge in [0.05, 0.1) is 5.92 Å². The average molecular weight is 336 g/mol. The highest BCUT2D eigenvalue weighted by Crippen LogP contribution is 2.36. The summed E-state index contributed by atoms with van der Waals surface area (Å²) in [6, 6.07) is -0.278. The smallest absolute Gasteiger partial charge is 0.308 e. The van der Waals surface area contributed by atoms with E-state index in [1.165, 1.54) is 0 Å². The van der Waals surface area contributed by atoms with Crippen LogP contribution in [-0.4, -0.2) is 58.4 Å². The summed E-state index contributed by atoms with van der Waals surface area (Å²) < 4.78 is 0. The van der Waals surface area contributed by atoms with Crippen molar-refractivity contribution in [2.45, 2.75) is 57.9 Å². The van der Waals surface area contributed by atoms with E-state index in [2.05, 4.69) is 0 Å². The Kier molecular flexibility index (Phi) is 5.11. The van der Waals surface area contributed by atoms with Crippen LogP contribution in [0.3, 0.4) is 0 Å². The third-order valence-corrected chi connectivity index (χ3v) is 6.17. The molecule has 2 aliphatic heterocycles. The van der Waals surface area contributed by atoms with E-state index in [1.54, 1.807) is 4.90 Å². The Labute approximate surface area is 143 Å². The molecule has 4 atom stereocenters. The van der Waals surface area contributed by atoms with Gasteiger partial charge in [0.25, 0.3) is 0 Å². The van der Waals surface area contributed by atoms with Gasteiger partial charge in [-0.3, -0.25) is 14.4 Å². The van der Waals surface area contributed by atoms with Crippen molar-refractivity contribution in [3.05, 3.63) is 0 Å². The highest BCUT2D eigenvalue weighted by atomic mass is 16.4. The zero-order valence-electron chi connectivity index (χ0n) is 14.4. The van der Waals surface area contributed by atoms with Crippen LogP contribution < -0.4 is 0 Å². The molecule has 3 rings (SSSR count). The van der Waals surface area contributed by atoms with Gasteiger partial charge in [0.15, 0.2) is 0 Å². The molecular weight excluding hydrogens is 308 g/mol. The summed E-state index contributed by atoms with van der Waals surface area (Å²) in [5, 5.41) is 9.28. The first-order valence-electron chi connectivity index (χ1n) is 9.32. The zero-order valence-corrected chi connectivity index (χ0v) is 14.4. The monoisotopic (exact) mass is 336 g/mol. The van der Waals surface area contributed by atoms with Gasteiger partial charge in [0.2, 0.25) is 11.8 Å². The molecule has 4 unspecified atom stereocenters. The Hall–Kier alpha value is -1.59. The molecule has 24 heavy (non-hydrogen) atoms. The number of carboxylic acid groups (broad SMARTS) is 1. The second kappa shape index (κ2) is 7.11. The number of carbonyl (C=O) groups excluding carboxylic acids is 2. The molecule has 2 amide bonds. The van der Waals surface area contributed by atoms with Crippen LogP contribution in [-0.2, 0) is 14.4 Å². The number of rotatable bonds is 3. The largest absolute Gasteiger partial charge is 0.481 e. The number of amides is 2. The predicted molar refractivity (Wildman–Crippen MR) is 88.2 cm³/mol. The van der Waals surface area contributed by atoms with Crippen LogP contribution >= 0.6 is 0 Å². The van der Waals surface area contributed by atoms with Gasteiger partial charge in [-0.2, -0.15) is 0 Å². The van der Waals surface area contributed by atoms with E-state index in [-0.39, 0.29) is 29.7 Å². The molecule has 3 aliphatic rings. The molecule has 0 spiro atoms. The number of hydrogen-bond donors (Lipinski definition) is 1. The van der Waals surface area contributed by atoms with Crippen molar-refractivity contribution in [2.24, 2.45) is 17.8 Å². The van der Waals surface area contributed by atoms with Gasteiger partial charge in [-0.25, -0.2) is 0 Å². The van der Waals surface area contributed by atoms with Crippen molar-refractivity contribution in [1.82, 2.24) is 9.80 Å². The maximum Gasteiger partial charge on any atom is 0.308 e. The van der Waals surface area contributed by atoms with E-state index in [4.69, 9.17) is 0 Å². The minimum atomic E-state index is -0.828. The number of likely N-dealkylation sites (tertiary alicyclic amines) is 2. The Balaban J connectivity index is 1.72. The SMILES string of the molecule is CC1C(C(=O)O)CCN1C(=O)C1CCCCC1C(=O)N1CCCC1. The maximum absolute atomic E-state index is 13.1. The highest BCUT2D eigenvalue weighted by Gasteiger charge is 2.44. The summed E-state index contributed by atoms with van der Waals surface area (Å²) in [6.07, 6.45) is 6.15. The molecule has 1 N–H and O–H groups in total. The van der Waals surface area contributed by atoms with Gasteiger partial charge >= 0.3 is 5.97 Å². The molecule has 6 nitrogen and oxygen atoms in total. The lowest BCUT2D eigenvalue weighted by atomic mass is 9.77. The van der Waals surface area contributed by atoms with E-state index in [0.717, 1.165) is 51.6 Å². The molecule has 6 heteroatoms. The van der Waals surface area contributed by atoms with E-state index in [1.807, 2.05) is 11.8 Å². The second-order valence-corrected chi connectivity index (χ2v) is 7.54. The van der Waals surface area contributed by atoms with Crippen molar-refractivity contribution in [2.75, 3.05) is 19.6 Å². The minimum Gasteiger partial charge on any atom is -0.481 e. The first kappa shape index (κ1) is 17.2. The molecule has 0 aromatic rings. The molecule has 0 aromatic carbocycles. The van der Waals surface area contributed by atoms with E-state index in [0.29, 0.717) is 13.0 Å². The molecule has 2 heterocycles. The summed E-state index contributed by atoms with van der Waals surface area (Å²) >= 11 is 0. The van der Waals surface area contributed by atoms with Crippen molar-refractivity contribution in [3.63, 3.8) is 0 Å². The molecule has 3 fully saturated rings. The van der Waals surface area contributed by atoms with Gasteiger partial charge < -0.3 is 14.9 Å². The summed E-state index contributed by atoms with van der Waals surface area (Å²) in [6.45, 7) is 3.96. The molecule has 0 aromatic heterocycles. The lowest BCUT2D eigenvalue weighted by molar-refractivity contribution is -0.149. The molecule has 1 aliphatic carbocycles. The first-order valence-corrected chi connectivity index (χ1v) is 9.32. The lowest BCUT2D eigenvalue weighted by Gasteiger charge is -2.36. The van der Waals surface area contributed by atoms with E-state index < -0.39 is 11.9 Å². The van der Waals surface area contributed by atoms with Crippen molar-refractivity contribution in [1.29, 1.82) is 0 Å². The molecule has 0 radical (unpaired) electrons. The van der Waals surface area contributed by atoms with E-state index in [9.17, 15) is 19.5 Å². The topological polar surface area (TPSA) is 77.9 Å². The number of nitrogens with zero attached hydrogens (tertiary/aromatic N) is 2. The third kappa shape index (κ3) is 3.15. The number of aliphatic carboxylic acids is 1. The normalized spacial score (nSPS) is 33.7. The highest BCUT2D eigenvalue weighted by molar-refractivity contribution is 5.89. The molecule has 134 valence electrons. The third-order valence-electron chi connectivity index (χ3n) is 6.17. The lowest BCUT2D eigenvalue weighted by Crippen LogP contribution is -2.47. The first-order chi connectivity index (χ1) is 11.5. The van der Waals surface area contributed by atoms with Gasteiger partial charge in [0, 0.05) is 37.5 Å². The van der Waals surface area contributed by atoms with Crippen LogP contribution in [0.25, 0.3) is 0 Å². The predicted octanol–water partition coefficient (Wildman–Crippen LogP) is 1.74. The van der Waals surface area contributed by atoms with Crippen molar-refractivity contribution >= 4 is 17.8 Å². The average Bonchev–Trinajstić information content (AvgIpc) is 3.23. The minimum absolute atomic E-state index is 0.00324.